The molecule has 2 aromatic heterocycles. The van der Waals surface area contributed by atoms with Crippen LogP contribution in [0.5, 0.6) is 0 Å². The van der Waals surface area contributed by atoms with Gasteiger partial charge in [0.15, 0.2) is 0 Å². The summed E-state index contributed by atoms with van der Waals surface area (Å²) in [7, 11) is 0. The number of H-pyrrole nitrogens is 1. The first kappa shape index (κ1) is 16.5. The highest BCUT2D eigenvalue weighted by Crippen LogP contribution is 2.21. The molecule has 3 aromatic rings. The first-order valence-electron chi connectivity index (χ1n) is 8.16. The minimum atomic E-state index is -0.0788. The predicted octanol–water partition coefficient (Wildman–Crippen LogP) is 0.792. The number of tetrazole rings is 1. The van der Waals surface area contributed by atoms with E-state index < -0.39 is 0 Å². The quantitative estimate of drug-likeness (QED) is 0.731. The lowest BCUT2D eigenvalue weighted by Crippen LogP contribution is -2.51. The number of benzene rings is 1. The standard InChI is InChI=1S/C16H16ClN7O2/c17-12-1-2-13-11(7-12)8-14(19-13)16(26)23-5-3-22(4-6-23)15(25)9-24-10-18-20-21-24/h1-2,7-8,10,19H,3-6,9H2. The largest absolute Gasteiger partial charge is 0.351 e. The fraction of sp³-hybridized carbons (Fsp3) is 0.312. The Morgan fingerprint density at radius 3 is 2.62 bits per heavy atom. The minimum absolute atomic E-state index is 0.0651. The van der Waals surface area contributed by atoms with Gasteiger partial charge in [-0.15, -0.1) is 5.10 Å². The summed E-state index contributed by atoms with van der Waals surface area (Å²) in [4.78, 5) is 31.6. The van der Waals surface area contributed by atoms with Crippen molar-refractivity contribution >= 4 is 34.3 Å². The summed E-state index contributed by atoms with van der Waals surface area (Å²) in [6.45, 7) is 2.04. The molecule has 26 heavy (non-hydrogen) atoms. The molecule has 0 saturated carbocycles. The topological polar surface area (TPSA) is 100 Å². The zero-order chi connectivity index (χ0) is 18.1. The Bertz CT molecular complexity index is 945. The molecule has 1 aromatic carbocycles. The van der Waals surface area contributed by atoms with E-state index in [1.807, 2.05) is 12.1 Å². The predicted molar refractivity (Wildman–Crippen MR) is 93.6 cm³/mol. The monoisotopic (exact) mass is 373 g/mol. The summed E-state index contributed by atoms with van der Waals surface area (Å²) in [6, 6.07) is 7.26. The van der Waals surface area contributed by atoms with Crippen LogP contribution in [-0.4, -0.2) is 73.0 Å². The van der Waals surface area contributed by atoms with Gasteiger partial charge in [-0.05, 0) is 34.7 Å². The molecule has 0 atom stereocenters. The maximum Gasteiger partial charge on any atom is 0.270 e. The van der Waals surface area contributed by atoms with Crippen LogP contribution in [0.15, 0.2) is 30.6 Å². The first-order chi connectivity index (χ1) is 12.6. The molecular formula is C16H16ClN7O2. The Hall–Kier alpha value is -2.94. The molecule has 134 valence electrons. The number of carbonyl (C=O) groups excluding carboxylic acids is 2. The molecule has 1 N–H and O–H groups in total. The number of carbonyl (C=O) groups is 2. The number of hydrogen-bond acceptors (Lipinski definition) is 5. The number of amides is 2. The highest BCUT2D eigenvalue weighted by molar-refractivity contribution is 6.31. The number of aromatic amines is 1. The third-order valence-electron chi connectivity index (χ3n) is 4.42. The molecule has 0 spiro atoms. The lowest BCUT2D eigenvalue weighted by atomic mass is 10.2. The van der Waals surface area contributed by atoms with Gasteiger partial charge in [-0.1, -0.05) is 11.6 Å². The number of hydrogen-bond donors (Lipinski definition) is 1. The third-order valence-corrected chi connectivity index (χ3v) is 4.66. The Kier molecular flexibility index (Phi) is 4.29. The van der Waals surface area contributed by atoms with Crippen molar-refractivity contribution in [1.29, 1.82) is 0 Å². The van der Waals surface area contributed by atoms with Crippen molar-refractivity contribution in [3.63, 3.8) is 0 Å². The van der Waals surface area contributed by atoms with E-state index in [1.54, 1.807) is 21.9 Å². The number of nitrogens with zero attached hydrogens (tertiary/aromatic N) is 6. The molecule has 10 heteroatoms. The van der Waals surface area contributed by atoms with Crippen molar-refractivity contribution in [2.75, 3.05) is 26.2 Å². The van der Waals surface area contributed by atoms with E-state index in [2.05, 4.69) is 20.5 Å². The van der Waals surface area contributed by atoms with Crippen molar-refractivity contribution in [3.05, 3.63) is 41.3 Å². The number of rotatable bonds is 3. The van der Waals surface area contributed by atoms with Gasteiger partial charge >= 0.3 is 0 Å². The molecule has 0 unspecified atom stereocenters. The van der Waals surface area contributed by atoms with Crippen LogP contribution in [0, 0.1) is 0 Å². The Morgan fingerprint density at radius 1 is 1.12 bits per heavy atom. The van der Waals surface area contributed by atoms with Gasteiger partial charge in [0, 0.05) is 42.1 Å². The van der Waals surface area contributed by atoms with Gasteiger partial charge in [0.2, 0.25) is 5.91 Å². The second kappa shape index (κ2) is 6.75. The van der Waals surface area contributed by atoms with Crippen molar-refractivity contribution < 1.29 is 9.59 Å². The summed E-state index contributed by atoms with van der Waals surface area (Å²) in [5, 5.41) is 12.2. The van der Waals surface area contributed by atoms with Crippen LogP contribution in [-0.2, 0) is 11.3 Å². The SMILES string of the molecule is O=C(Cn1cnnn1)N1CCN(C(=O)c2cc3cc(Cl)ccc3[nH]2)CC1. The van der Waals surface area contributed by atoms with Gasteiger partial charge in [0.25, 0.3) is 5.91 Å². The van der Waals surface area contributed by atoms with Gasteiger partial charge in [0.1, 0.15) is 18.6 Å². The van der Waals surface area contributed by atoms with Crippen molar-refractivity contribution in [3.8, 4) is 0 Å². The maximum absolute atomic E-state index is 12.7. The zero-order valence-electron chi connectivity index (χ0n) is 13.8. The molecule has 3 heterocycles. The highest BCUT2D eigenvalue weighted by atomic mass is 35.5. The molecule has 9 nitrogen and oxygen atoms in total. The van der Waals surface area contributed by atoms with E-state index in [9.17, 15) is 9.59 Å². The number of piperazine rings is 1. The van der Waals surface area contributed by atoms with Crippen LogP contribution in [0.4, 0.5) is 0 Å². The number of halogens is 1. The average molecular weight is 374 g/mol. The molecule has 4 rings (SSSR count). The van der Waals surface area contributed by atoms with Crippen LogP contribution in [0.2, 0.25) is 5.02 Å². The van der Waals surface area contributed by atoms with Gasteiger partial charge in [-0.2, -0.15) is 0 Å². The minimum Gasteiger partial charge on any atom is -0.351 e. The molecule has 0 bridgehead atoms. The molecule has 1 fully saturated rings. The van der Waals surface area contributed by atoms with Crippen molar-refractivity contribution in [2.45, 2.75) is 6.54 Å². The lowest BCUT2D eigenvalue weighted by Gasteiger charge is -2.34. The van der Waals surface area contributed by atoms with Crippen LogP contribution in [0.25, 0.3) is 10.9 Å². The summed E-state index contributed by atoms with van der Waals surface area (Å²) >= 11 is 5.99. The van der Waals surface area contributed by atoms with Gasteiger partial charge in [-0.3, -0.25) is 9.59 Å². The van der Waals surface area contributed by atoms with Crippen LogP contribution in [0.3, 0.4) is 0 Å². The van der Waals surface area contributed by atoms with E-state index in [4.69, 9.17) is 11.6 Å². The van der Waals surface area contributed by atoms with Crippen LogP contribution < -0.4 is 0 Å². The molecule has 1 aliphatic heterocycles. The van der Waals surface area contributed by atoms with E-state index in [0.29, 0.717) is 36.9 Å². The van der Waals surface area contributed by atoms with Crippen LogP contribution >= 0.6 is 11.6 Å². The Morgan fingerprint density at radius 2 is 1.88 bits per heavy atom. The van der Waals surface area contributed by atoms with E-state index in [0.717, 1.165) is 10.9 Å². The second-order valence-electron chi connectivity index (χ2n) is 6.09. The molecule has 0 aliphatic carbocycles. The van der Waals surface area contributed by atoms with Gasteiger partial charge in [0.05, 0.1) is 0 Å². The third kappa shape index (κ3) is 3.25. The Labute approximate surface area is 153 Å². The molecule has 0 radical (unpaired) electrons. The smallest absolute Gasteiger partial charge is 0.270 e. The van der Waals surface area contributed by atoms with E-state index >= 15 is 0 Å². The first-order valence-corrected chi connectivity index (χ1v) is 8.54. The second-order valence-corrected chi connectivity index (χ2v) is 6.53. The zero-order valence-corrected chi connectivity index (χ0v) is 14.6. The van der Waals surface area contributed by atoms with Gasteiger partial charge < -0.3 is 14.8 Å². The Balaban J connectivity index is 1.39. The maximum atomic E-state index is 12.7. The number of fused-ring (bicyclic) bond motifs is 1. The normalized spacial score (nSPS) is 14.8. The summed E-state index contributed by atoms with van der Waals surface area (Å²) in [5.41, 5.74) is 1.39. The summed E-state index contributed by atoms with van der Waals surface area (Å²) in [6.07, 6.45) is 1.40. The van der Waals surface area contributed by atoms with Crippen molar-refractivity contribution in [2.24, 2.45) is 0 Å². The summed E-state index contributed by atoms with van der Waals surface area (Å²) < 4.78 is 1.38. The number of nitrogens with one attached hydrogen (secondary N) is 1. The average Bonchev–Trinajstić information content (AvgIpc) is 3.30. The summed E-state index contributed by atoms with van der Waals surface area (Å²) in [5.74, 6) is -0.144. The highest BCUT2D eigenvalue weighted by Gasteiger charge is 2.26. The van der Waals surface area contributed by atoms with Crippen LogP contribution in [0.1, 0.15) is 10.5 Å². The number of aromatic nitrogens is 5. The molecule has 1 saturated heterocycles. The molecular weight excluding hydrogens is 358 g/mol. The lowest BCUT2D eigenvalue weighted by molar-refractivity contribution is -0.133. The molecule has 2 amide bonds. The van der Waals surface area contributed by atoms with E-state index in [1.165, 1.54) is 11.0 Å². The van der Waals surface area contributed by atoms with Gasteiger partial charge in [-0.25, -0.2) is 4.68 Å². The van der Waals surface area contributed by atoms with E-state index in [-0.39, 0.29) is 18.4 Å². The van der Waals surface area contributed by atoms with Crippen molar-refractivity contribution in [1.82, 2.24) is 35.0 Å². The fourth-order valence-electron chi connectivity index (χ4n) is 3.04. The fourth-order valence-corrected chi connectivity index (χ4v) is 3.22. The molecule has 1 aliphatic rings.